The van der Waals surface area contributed by atoms with Crippen LogP contribution in [0.25, 0.3) is 0 Å². The number of phenols is 1. The molecule has 0 radical (unpaired) electrons. The standard InChI is InChI=1S/C12H17NO3.ClH/c1-4-5-9(13)12-10(15-2)6-8(14)7-11(12)16-3;/h4,6-7,9,14H,1,5,13H2,2-3H3;1H/t9-;/m0./s1. The quantitative estimate of drug-likeness (QED) is 0.797. The molecule has 0 fully saturated rings. The van der Waals surface area contributed by atoms with Crippen LogP contribution >= 0.6 is 12.4 Å². The third-order valence-corrected chi connectivity index (χ3v) is 2.32. The molecule has 0 heterocycles. The van der Waals surface area contributed by atoms with Crippen molar-refractivity contribution in [1.82, 2.24) is 0 Å². The summed E-state index contributed by atoms with van der Waals surface area (Å²) in [5.74, 6) is 1.13. The highest BCUT2D eigenvalue weighted by Gasteiger charge is 2.18. The van der Waals surface area contributed by atoms with E-state index in [-0.39, 0.29) is 24.2 Å². The first-order chi connectivity index (χ1) is 7.63. The van der Waals surface area contributed by atoms with Gasteiger partial charge in [-0.1, -0.05) is 6.08 Å². The van der Waals surface area contributed by atoms with E-state index in [9.17, 15) is 5.11 Å². The van der Waals surface area contributed by atoms with Gasteiger partial charge in [0.15, 0.2) is 0 Å². The fourth-order valence-electron chi connectivity index (χ4n) is 1.59. The number of benzene rings is 1. The average Bonchev–Trinajstić information content (AvgIpc) is 2.27. The maximum absolute atomic E-state index is 9.47. The van der Waals surface area contributed by atoms with Crippen molar-refractivity contribution in [2.45, 2.75) is 12.5 Å². The van der Waals surface area contributed by atoms with Crippen LogP contribution in [0.3, 0.4) is 0 Å². The first-order valence-electron chi connectivity index (χ1n) is 4.95. The van der Waals surface area contributed by atoms with E-state index >= 15 is 0 Å². The zero-order valence-electron chi connectivity index (χ0n) is 9.97. The van der Waals surface area contributed by atoms with Crippen LogP contribution in [0.2, 0.25) is 0 Å². The van der Waals surface area contributed by atoms with Gasteiger partial charge in [0.2, 0.25) is 0 Å². The molecular formula is C12H18ClNO3. The minimum absolute atomic E-state index is 0. The summed E-state index contributed by atoms with van der Waals surface area (Å²) in [5, 5.41) is 9.47. The van der Waals surface area contributed by atoms with Crippen LogP contribution in [0.4, 0.5) is 0 Å². The maximum atomic E-state index is 9.47. The normalized spacial score (nSPS) is 11.2. The Kier molecular flexibility index (Phi) is 6.46. The van der Waals surface area contributed by atoms with Gasteiger partial charge in [-0.2, -0.15) is 0 Å². The summed E-state index contributed by atoms with van der Waals surface area (Å²) in [6.45, 7) is 3.64. The second-order valence-corrected chi connectivity index (χ2v) is 3.39. The smallest absolute Gasteiger partial charge is 0.131 e. The Balaban J connectivity index is 0.00000256. The third-order valence-electron chi connectivity index (χ3n) is 2.32. The first kappa shape index (κ1) is 15.6. The lowest BCUT2D eigenvalue weighted by atomic mass is 10.0. The summed E-state index contributed by atoms with van der Waals surface area (Å²) in [6, 6.07) is 2.77. The number of nitrogens with two attached hydrogens (primary N) is 1. The molecule has 3 N–H and O–H groups in total. The SMILES string of the molecule is C=CC[C@H](N)c1c(OC)cc(O)cc1OC.Cl. The highest BCUT2D eigenvalue weighted by atomic mass is 35.5. The molecule has 5 heteroatoms. The van der Waals surface area contributed by atoms with Crippen molar-refractivity contribution in [3.63, 3.8) is 0 Å². The number of aromatic hydroxyl groups is 1. The van der Waals surface area contributed by atoms with Crippen molar-refractivity contribution in [2.75, 3.05) is 14.2 Å². The summed E-state index contributed by atoms with van der Waals surface area (Å²) >= 11 is 0. The van der Waals surface area contributed by atoms with E-state index in [1.807, 2.05) is 0 Å². The minimum atomic E-state index is -0.261. The summed E-state index contributed by atoms with van der Waals surface area (Å²) in [5.41, 5.74) is 6.73. The Morgan fingerprint density at radius 3 is 2.18 bits per heavy atom. The number of halogens is 1. The Morgan fingerprint density at radius 2 is 1.82 bits per heavy atom. The van der Waals surface area contributed by atoms with Gasteiger partial charge in [-0.25, -0.2) is 0 Å². The number of hydrogen-bond acceptors (Lipinski definition) is 4. The van der Waals surface area contributed by atoms with Gasteiger partial charge in [0.25, 0.3) is 0 Å². The van der Waals surface area contributed by atoms with Crippen LogP contribution in [0.5, 0.6) is 17.2 Å². The predicted octanol–water partition coefficient (Wildman–Crippen LogP) is 2.41. The molecule has 0 saturated carbocycles. The van der Waals surface area contributed by atoms with Gasteiger partial charge in [-0.05, 0) is 6.42 Å². The summed E-state index contributed by atoms with van der Waals surface area (Å²) in [6.07, 6.45) is 2.34. The fraction of sp³-hybridized carbons (Fsp3) is 0.333. The Hall–Kier alpha value is -1.39. The Labute approximate surface area is 107 Å². The van der Waals surface area contributed by atoms with Crippen LogP contribution in [-0.2, 0) is 0 Å². The first-order valence-corrected chi connectivity index (χ1v) is 4.95. The van der Waals surface area contributed by atoms with Gasteiger partial charge in [-0.15, -0.1) is 19.0 Å². The number of methoxy groups -OCH3 is 2. The van der Waals surface area contributed by atoms with Gasteiger partial charge in [0, 0.05) is 18.2 Å². The second-order valence-electron chi connectivity index (χ2n) is 3.39. The van der Waals surface area contributed by atoms with E-state index in [0.717, 1.165) is 5.56 Å². The molecule has 4 nitrogen and oxygen atoms in total. The lowest BCUT2D eigenvalue weighted by molar-refractivity contribution is 0.371. The van der Waals surface area contributed by atoms with E-state index in [2.05, 4.69) is 6.58 Å². The molecule has 1 rings (SSSR count). The number of rotatable bonds is 5. The van der Waals surface area contributed by atoms with Crippen molar-refractivity contribution in [2.24, 2.45) is 5.73 Å². The zero-order valence-corrected chi connectivity index (χ0v) is 10.8. The maximum Gasteiger partial charge on any atom is 0.131 e. The molecule has 0 amide bonds. The second kappa shape index (κ2) is 7.04. The summed E-state index contributed by atoms with van der Waals surface area (Å²) < 4.78 is 10.4. The topological polar surface area (TPSA) is 64.7 Å². The van der Waals surface area contributed by atoms with Crippen molar-refractivity contribution in [1.29, 1.82) is 0 Å². The van der Waals surface area contributed by atoms with E-state index in [0.29, 0.717) is 17.9 Å². The molecule has 0 spiro atoms. The predicted molar refractivity (Wildman–Crippen MR) is 70.2 cm³/mol. The Morgan fingerprint density at radius 1 is 1.35 bits per heavy atom. The van der Waals surface area contributed by atoms with Crippen molar-refractivity contribution < 1.29 is 14.6 Å². The molecule has 0 aliphatic carbocycles. The third kappa shape index (κ3) is 3.54. The largest absolute Gasteiger partial charge is 0.508 e. The fourth-order valence-corrected chi connectivity index (χ4v) is 1.59. The van der Waals surface area contributed by atoms with Crippen molar-refractivity contribution >= 4 is 12.4 Å². The number of ether oxygens (including phenoxy) is 2. The van der Waals surface area contributed by atoms with Crippen LogP contribution in [0.1, 0.15) is 18.0 Å². The molecule has 17 heavy (non-hydrogen) atoms. The van der Waals surface area contributed by atoms with Crippen molar-refractivity contribution in [3.8, 4) is 17.2 Å². The lowest BCUT2D eigenvalue weighted by Gasteiger charge is -2.18. The highest BCUT2D eigenvalue weighted by molar-refractivity contribution is 5.85. The molecule has 0 aromatic heterocycles. The van der Waals surface area contributed by atoms with Gasteiger partial charge in [0.1, 0.15) is 17.2 Å². The number of hydrogen-bond donors (Lipinski definition) is 2. The molecule has 0 unspecified atom stereocenters. The van der Waals surface area contributed by atoms with E-state index < -0.39 is 0 Å². The number of phenolic OH excluding ortho intramolecular Hbond substituents is 1. The van der Waals surface area contributed by atoms with Gasteiger partial charge >= 0.3 is 0 Å². The highest BCUT2D eigenvalue weighted by Crippen LogP contribution is 2.38. The molecule has 1 aromatic rings. The molecule has 1 aromatic carbocycles. The van der Waals surface area contributed by atoms with Gasteiger partial charge in [-0.3, -0.25) is 0 Å². The van der Waals surface area contributed by atoms with Gasteiger partial charge in [0.05, 0.1) is 19.8 Å². The average molecular weight is 260 g/mol. The van der Waals surface area contributed by atoms with Gasteiger partial charge < -0.3 is 20.3 Å². The van der Waals surface area contributed by atoms with Crippen molar-refractivity contribution in [3.05, 3.63) is 30.4 Å². The zero-order chi connectivity index (χ0) is 12.1. The lowest BCUT2D eigenvalue weighted by Crippen LogP contribution is -2.12. The van der Waals surface area contributed by atoms with E-state index in [4.69, 9.17) is 15.2 Å². The summed E-state index contributed by atoms with van der Waals surface area (Å²) in [7, 11) is 3.05. The van der Waals surface area contributed by atoms with Crippen LogP contribution in [-0.4, -0.2) is 19.3 Å². The molecule has 0 aliphatic heterocycles. The van der Waals surface area contributed by atoms with Crippen LogP contribution in [0, 0.1) is 0 Å². The molecule has 0 bridgehead atoms. The van der Waals surface area contributed by atoms with Crippen LogP contribution in [0.15, 0.2) is 24.8 Å². The minimum Gasteiger partial charge on any atom is -0.508 e. The van der Waals surface area contributed by atoms with E-state index in [1.54, 1.807) is 6.08 Å². The Bertz CT molecular complexity index is 357. The van der Waals surface area contributed by atoms with Crippen LogP contribution < -0.4 is 15.2 Å². The monoisotopic (exact) mass is 259 g/mol. The molecule has 0 aliphatic rings. The molecular weight excluding hydrogens is 242 g/mol. The molecule has 1 atom stereocenters. The molecule has 0 saturated heterocycles. The summed E-state index contributed by atoms with van der Waals surface area (Å²) in [4.78, 5) is 0. The van der Waals surface area contributed by atoms with E-state index in [1.165, 1.54) is 26.4 Å². The molecule has 96 valence electrons.